The number of morpholine rings is 1. The lowest BCUT2D eigenvalue weighted by molar-refractivity contribution is -0.148. The number of hydrogen-bond acceptors (Lipinski definition) is 4. The van der Waals surface area contributed by atoms with Crippen LogP contribution < -0.4 is 0 Å². The molecule has 2 saturated heterocycles. The van der Waals surface area contributed by atoms with E-state index in [4.69, 9.17) is 4.74 Å². The SMILES string of the molecule is O=C(CCCCc1cccnc1)N1CCOC2(CCN(CCCCCF)C2)C1. The molecule has 0 radical (unpaired) electrons. The third kappa shape index (κ3) is 6.24. The van der Waals surface area contributed by atoms with Gasteiger partial charge in [0, 0.05) is 38.4 Å². The van der Waals surface area contributed by atoms with Crippen LogP contribution in [0.2, 0.25) is 0 Å². The largest absolute Gasteiger partial charge is 0.370 e. The van der Waals surface area contributed by atoms with Crippen molar-refractivity contribution < 1.29 is 13.9 Å². The number of carbonyl (C=O) groups is 1. The van der Waals surface area contributed by atoms with Gasteiger partial charge in [-0.05, 0) is 63.1 Å². The number of pyridine rings is 1. The molecule has 1 unspecified atom stereocenters. The van der Waals surface area contributed by atoms with Crippen LogP contribution in [-0.4, -0.2) is 72.3 Å². The van der Waals surface area contributed by atoms with E-state index < -0.39 is 0 Å². The molecular formula is C22H34FN3O2. The average molecular weight is 392 g/mol. The first kappa shape index (κ1) is 21.2. The number of hydrogen-bond donors (Lipinski definition) is 0. The highest BCUT2D eigenvalue weighted by molar-refractivity contribution is 5.76. The molecule has 1 atom stereocenters. The monoisotopic (exact) mass is 391 g/mol. The molecule has 156 valence electrons. The number of alkyl halides is 1. The number of aryl methyl sites for hydroxylation is 1. The van der Waals surface area contributed by atoms with Gasteiger partial charge in [0.2, 0.25) is 5.91 Å². The van der Waals surface area contributed by atoms with Crippen LogP contribution in [0.3, 0.4) is 0 Å². The predicted octanol–water partition coefficient (Wildman–Crippen LogP) is 3.24. The van der Waals surface area contributed by atoms with Gasteiger partial charge in [-0.1, -0.05) is 6.07 Å². The summed E-state index contributed by atoms with van der Waals surface area (Å²) >= 11 is 0. The number of ether oxygens (including phenoxy) is 1. The number of nitrogens with zero attached hydrogens (tertiary/aromatic N) is 3. The second kappa shape index (κ2) is 10.9. The normalized spacial score (nSPS) is 22.8. The van der Waals surface area contributed by atoms with E-state index in [-0.39, 0.29) is 18.2 Å². The molecule has 2 aliphatic heterocycles. The fraction of sp³-hybridized carbons (Fsp3) is 0.727. The Labute approximate surface area is 168 Å². The molecule has 5 nitrogen and oxygen atoms in total. The van der Waals surface area contributed by atoms with Crippen LogP contribution in [0.15, 0.2) is 24.5 Å². The molecule has 0 N–H and O–H groups in total. The number of halogens is 1. The zero-order valence-corrected chi connectivity index (χ0v) is 17.0. The first-order valence-electron chi connectivity index (χ1n) is 10.8. The summed E-state index contributed by atoms with van der Waals surface area (Å²) in [4.78, 5) is 21.3. The van der Waals surface area contributed by atoms with Gasteiger partial charge in [0.1, 0.15) is 0 Å². The van der Waals surface area contributed by atoms with Gasteiger partial charge in [-0.25, -0.2) is 0 Å². The lowest BCUT2D eigenvalue weighted by Gasteiger charge is -2.40. The van der Waals surface area contributed by atoms with E-state index in [1.165, 1.54) is 5.56 Å². The van der Waals surface area contributed by atoms with Crippen molar-refractivity contribution in [3.05, 3.63) is 30.1 Å². The number of carbonyl (C=O) groups excluding carboxylic acids is 1. The first-order valence-corrected chi connectivity index (χ1v) is 10.8. The molecule has 0 aliphatic carbocycles. The predicted molar refractivity (Wildman–Crippen MR) is 108 cm³/mol. The third-order valence-electron chi connectivity index (χ3n) is 5.93. The molecule has 2 aliphatic rings. The first-order chi connectivity index (χ1) is 13.7. The number of likely N-dealkylation sites (tertiary alicyclic amines) is 1. The van der Waals surface area contributed by atoms with Crippen LogP contribution in [0, 0.1) is 0 Å². The van der Waals surface area contributed by atoms with Crippen LogP contribution in [0.5, 0.6) is 0 Å². The molecule has 3 rings (SSSR count). The molecule has 1 amide bonds. The summed E-state index contributed by atoms with van der Waals surface area (Å²) in [5.41, 5.74) is 1.04. The molecule has 1 aromatic rings. The Balaban J connectivity index is 1.37. The molecule has 1 aromatic heterocycles. The highest BCUT2D eigenvalue weighted by Crippen LogP contribution is 2.30. The Kier molecular flexibility index (Phi) is 8.22. The molecule has 1 spiro atoms. The Morgan fingerprint density at radius 1 is 1.18 bits per heavy atom. The Morgan fingerprint density at radius 3 is 2.93 bits per heavy atom. The zero-order chi connectivity index (χ0) is 19.7. The van der Waals surface area contributed by atoms with E-state index >= 15 is 0 Å². The van der Waals surface area contributed by atoms with Gasteiger partial charge in [0.05, 0.1) is 25.4 Å². The highest BCUT2D eigenvalue weighted by Gasteiger charge is 2.43. The average Bonchev–Trinajstić information content (AvgIpc) is 3.11. The zero-order valence-electron chi connectivity index (χ0n) is 17.0. The lowest BCUT2D eigenvalue weighted by atomic mass is 10.00. The number of aromatic nitrogens is 1. The summed E-state index contributed by atoms with van der Waals surface area (Å²) < 4.78 is 18.4. The number of amides is 1. The van der Waals surface area contributed by atoms with Crippen LogP contribution in [0.25, 0.3) is 0 Å². The highest BCUT2D eigenvalue weighted by atomic mass is 19.1. The smallest absolute Gasteiger partial charge is 0.222 e. The standard InChI is InChI=1S/C22H34FN3O2/c23-11-4-1-5-13-25-14-10-22(18-25)19-26(15-16-28-22)21(27)9-3-2-7-20-8-6-12-24-17-20/h6,8,12,17H,1-5,7,9-11,13-16,18-19H2. The molecular weight excluding hydrogens is 357 g/mol. The van der Waals surface area contributed by atoms with Gasteiger partial charge >= 0.3 is 0 Å². The van der Waals surface area contributed by atoms with Gasteiger partial charge in [-0.15, -0.1) is 0 Å². The Bertz CT molecular complexity index is 601. The van der Waals surface area contributed by atoms with Gasteiger partial charge in [-0.3, -0.25) is 14.2 Å². The minimum atomic E-state index is -0.216. The topological polar surface area (TPSA) is 45.7 Å². The van der Waals surface area contributed by atoms with Crippen molar-refractivity contribution in [3.8, 4) is 0 Å². The van der Waals surface area contributed by atoms with Gasteiger partial charge in [0.25, 0.3) is 0 Å². The van der Waals surface area contributed by atoms with Crippen LogP contribution >= 0.6 is 0 Å². The number of rotatable bonds is 10. The Hall–Kier alpha value is -1.53. The maximum Gasteiger partial charge on any atom is 0.222 e. The van der Waals surface area contributed by atoms with Gasteiger partial charge < -0.3 is 14.5 Å². The summed E-state index contributed by atoms with van der Waals surface area (Å²) in [6.07, 6.45) is 10.9. The van der Waals surface area contributed by atoms with E-state index in [1.54, 1.807) is 6.20 Å². The van der Waals surface area contributed by atoms with Crippen molar-refractivity contribution >= 4 is 5.91 Å². The van der Waals surface area contributed by atoms with E-state index in [0.29, 0.717) is 26.0 Å². The number of unbranched alkanes of at least 4 members (excludes halogenated alkanes) is 3. The van der Waals surface area contributed by atoms with Crippen LogP contribution in [0.4, 0.5) is 4.39 Å². The van der Waals surface area contributed by atoms with Crippen molar-refractivity contribution in [1.29, 1.82) is 0 Å². The molecule has 6 heteroatoms. The Morgan fingerprint density at radius 2 is 2.11 bits per heavy atom. The summed E-state index contributed by atoms with van der Waals surface area (Å²) in [7, 11) is 0. The van der Waals surface area contributed by atoms with Crippen molar-refractivity contribution in [2.75, 3.05) is 46.0 Å². The minimum absolute atomic E-state index is 0.191. The maximum atomic E-state index is 12.7. The quantitative estimate of drug-likeness (QED) is 0.575. The second-order valence-corrected chi connectivity index (χ2v) is 8.19. The molecule has 2 fully saturated rings. The van der Waals surface area contributed by atoms with Crippen LogP contribution in [0.1, 0.15) is 50.5 Å². The van der Waals surface area contributed by atoms with E-state index in [1.807, 2.05) is 17.2 Å². The fourth-order valence-corrected chi connectivity index (χ4v) is 4.34. The molecule has 0 bridgehead atoms. The van der Waals surface area contributed by atoms with E-state index in [2.05, 4.69) is 16.0 Å². The van der Waals surface area contributed by atoms with Gasteiger partial charge in [0.15, 0.2) is 0 Å². The second-order valence-electron chi connectivity index (χ2n) is 8.19. The third-order valence-corrected chi connectivity index (χ3v) is 5.93. The molecule has 0 aromatic carbocycles. The van der Waals surface area contributed by atoms with Crippen molar-refractivity contribution in [1.82, 2.24) is 14.8 Å². The molecule has 28 heavy (non-hydrogen) atoms. The maximum absolute atomic E-state index is 12.7. The van der Waals surface area contributed by atoms with E-state index in [0.717, 1.165) is 64.7 Å². The van der Waals surface area contributed by atoms with Crippen molar-refractivity contribution in [2.45, 2.75) is 57.0 Å². The van der Waals surface area contributed by atoms with E-state index in [9.17, 15) is 9.18 Å². The summed E-state index contributed by atoms with van der Waals surface area (Å²) in [5.74, 6) is 0.259. The molecule has 3 heterocycles. The molecule has 0 saturated carbocycles. The van der Waals surface area contributed by atoms with Crippen LogP contribution in [-0.2, 0) is 16.0 Å². The fourth-order valence-electron chi connectivity index (χ4n) is 4.34. The van der Waals surface area contributed by atoms with Gasteiger partial charge in [-0.2, -0.15) is 0 Å². The van der Waals surface area contributed by atoms with Crippen molar-refractivity contribution in [3.63, 3.8) is 0 Å². The summed E-state index contributed by atoms with van der Waals surface area (Å²) in [6.45, 7) is 4.77. The summed E-state index contributed by atoms with van der Waals surface area (Å²) in [6, 6.07) is 4.05. The minimum Gasteiger partial charge on any atom is -0.370 e. The summed E-state index contributed by atoms with van der Waals surface area (Å²) in [5, 5.41) is 0. The lowest BCUT2D eigenvalue weighted by Crippen LogP contribution is -2.55. The van der Waals surface area contributed by atoms with Crippen molar-refractivity contribution in [2.24, 2.45) is 0 Å².